The molecule has 2 aromatic rings. The van der Waals surface area contributed by atoms with E-state index >= 15 is 0 Å². The lowest BCUT2D eigenvalue weighted by Gasteiger charge is -2.47. The van der Waals surface area contributed by atoms with Crippen molar-refractivity contribution in [2.75, 3.05) is 38.5 Å². The number of nitrogens with one attached hydrogen (secondary N) is 1. The molecule has 3 aliphatic rings. The summed E-state index contributed by atoms with van der Waals surface area (Å²) in [6.45, 7) is 5.02. The van der Waals surface area contributed by atoms with E-state index in [-0.39, 0.29) is 23.1 Å². The highest BCUT2D eigenvalue weighted by Crippen LogP contribution is 2.40. The summed E-state index contributed by atoms with van der Waals surface area (Å²) < 4.78 is 1.89. The predicted octanol–water partition coefficient (Wildman–Crippen LogP) is 1.40. The van der Waals surface area contributed by atoms with E-state index < -0.39 is 0 Å². The number of nitrogens with zero attached hydrogens (tertiary/aromatic N) is 5. The summed E-state index contributed by atoms with van der Waals surface area (Å²) in [6, 6.07) is 3.93. The standard InChI is InChI=1S/C22H28N6O2/c1-26-8-4-17(5-9-26)27-12-15-10-16(14-27)21-18(2-3-20(29)28(21)13-15)25-22(30)19-11-23-6-7-24-19/h2-3,6-7,11,15-17H,4-5,8-10,12-14H2,1H3,(H,25,30)/t15-,16+/m0/s1. The summed E-state index contributed by atoms with van der Waals surface area (Å²) in [5.41, 5.74) is 1.98. The van der Waals surface area contributed by atoms with Crippen molar-refractivity contribution in [3.8, 4) is 0 Å². The zero-order chi connectivity index (χ0) is 20.7. The average Bonchev–Trinajstić information content (AvgIpc) is 2.76. The smallest absolute Gasteiger partial charge is 0.275 e. The highest BCUT2D eigenvalue weighted by molar-refractivity contribution is 6.03. The minimum Gasteiger partial charge on any atom is -0.319 e. The molecule has 0 saturated carbocycles. The topological polar surface area (TPSA) is 83.4 Å². The molecule has 5 rings (SSSR count). The number of likely N-dealkylation sites (tertiary alicyclic amines) is 2. The molecule has 2 saturated heterocycles. The molecule has 5 heterocycles. The van der Waals surface area contributed by atoms with Crippen LogP contribution in [-0.4, -0.2) is 69.5 Å². The Morgan fingerprint density at radius 3 is 2.73 bits per heavy atom. The molecular weight excluding hydrogens is 380 g/mol. The maximum atomic E-state index is 12.7. The lowest BCUT2D eigenvalue weighted by molar-refractivity contribution is 0.0519. The van der Waals surface area contributed by atoms with Crippen molar-refractivity contribution in [1.82, 2.24) is 24.3 Å². The van der Waals surface area contributed by atoms with Gasteiger partial charge in [0.2, 0.25) is 0 Å². The number of piperidine rings is 2. The van der Waals surface area contributed by atoms with Crippen molar-refractivity contribution >= 4 is 11.6 Å². The lowest BCUT2D eigenvalue weighted by atomic mass is 9.81. The Morgan fingerprint density at radius 1 is 1.13 bits per heavy atom. The van der Waals surface area contributed by atoms with Gasteiger partial charge in [-0.1, -0.05) is 0 Å². The van der Waals surface area contributed by atoms with Crippen LogP contribution in [0.25, 0.3) is 0 Å². The maximum Gasteiger partial charge on any atom is 0.275 e. The second kappa shape index (κ2) is 7.92. The van der Waals surface area contributed by atoms with Crippen LogP contribution in [0.4, 0.5) is 5.69 Å². The minimum atomic E-state index is -0.297. The number of carbonyl (C=O) groups is 1. The summed E-state index contributed by atoms with van der Waals surface area (Å²) in [7, 11) is 2.19. The van der Waals surface area contributed by atoms with Gasteiger partial charge in [-0.25, -0.2) is 4.98 Å². The molecule has 0 aromatic carbocycles. The number of carbonyl (C=O) groups excluding carboxylic acids is 1. The first-order valence-corrected chi connectivity index (χ1v) is 10.8. The van der Waals surface area contributed by atoms with E-state index in [1.807, 2.05) is 4.57 Å². The molecule has 8 nitrogen and oxygen atoms in total. The number of pyridine rings is 1. The van der Waals surface area contributed by atoms with Crippen LogP contribution in [-0.2, 0) is 6.54 Å². The summed E-state index contributed by atoms with van der Waals surface area (Å²) in [4.78, 5) is 38.4. The molecule has 2 aromatic heterocycles. The van der Waals surface area contributed by atoms with Gasteiger partial charge in [-0.3, -0.25) is 19.5 Å². The Labute approximate surface area is 175 Å². The fraction of sp³-hybridized carbons (Fsp3) is 0.545. The van der Waals surface area contributed by atoms with Gasteiger partial charge in [0.05, 0.1) is 11.9 Å². The van der Waals surface area contributed by atoms with Gasteiger partial charge in [-0.05, 0) is 51.4 Å². The molecular formula is C22H28N6O2. The van der Waals surface area contributed by atoms with Crippen molar-refractivity contribution < 1.29 is 4.79 Å². The summed E-state index contributed by atoms with van der Waals surface area (Å²) in [5.74, 6) is 0.442. The zero-order valence-electron chi connectivity index (χ0n) is 17.3. The van der Waals surface area contributed by atoms with Gasteiger partial charge in [0, 0.05) is 55.7 Å². The molecule has 30 heavy (non-hydrogen) atoms. The lowest BCUT2D eigenvalue weighted by Crippen LogP contribution is -2.53. The molecule has 158 valence electrons. The first-order valence-electron chi connectivity index (χ1n) is 10.8. The predicted molar refractivity (Wildman–Crippen MR) is 114 cm³/mol. The maximum absolute atomic E-state index is 12.7. The van der Waals surface area contributed by atoms with Crippen molar-refractivity contribution in [1.29, 1.82) is 0 Å². The Morgan fingerprint density at radius 2 is 1.97 bits per heavy atom. The molecule has 0 spiro atoms. The minimum absolute atomic E-state index is 0.0185. The van der Waals surface area contributed by atoms with Gasteiger partial charge in [-0.15, -0.1) is 0 Å². The van der Waals surface area contributed by atoms with E-state index in [1.54, 1.807) is 18.3 Å². The quantitative estimate of drug-likeness (QED) is 0.827. The van der Waals surface area contributed by atoms with Crippen LogP contribution in [0.5, 0.6) is 0 Å². The second-order valence-electron chi connectivity index (χ2n) is 8.91. The first-order chi connectivity index (χ1) is 14.6. The van der Waals surface area contributed by atoms with Gasteiger partial charge in [0.15, 0.2) is 0 Å². The van der Waals surface area contributed by atoms with Gasteiger partial charge in [0.1, 0.15) is 5.69 Å². The normalized spacial score (nSPS) is 25.0. The van der Waals surface area contributed by atoms with E-state index in [0.717, 1.165) is 50.5 Å². The molecule has 1 N–H and O–H groups in total. The van der Waals surface area contributed by atoms with Crippen LogP contribution in [0.1, 0.15) is 41.4 Å². The SMILES string of the molecule is CN1CCC(N2C[C@@H]3C[C@H](C2)c2c(NC(=O)c4cnccn4)ccc(=O)n2C3)CC1. The van der Waals surface area contributed by atoms with E-state index in [0.29, 0.717) is 12.0 Å². The Bertz CT molecular complexity index is 983. The Balaban J connectivity index is 1.42. The van der Waals surface area contributed by atoms with Crippen molar-refractivity contribution in [3.63, 3.8) is 0 Å². The number of rotatable bonds is 3. The first kappa shape index (κ1) is 19.4. The third-order valence-electron chi connectivity index (χ3n) is 6.87. The molecule has 2 bridgehead atoms. The highest BCUT2D eigenvalue weighted by atomic mass is 16.2. The molecule has 8 heteroatoms. The number of anilines is 1. The fourth-order valence-electron chi connectivity index (χ4n) is 5.42. The fourth-order valence-corrected chi connectivity index (χ4v) is 5.42. The number of fused-ring (bicyclic) bond motifs is 4. The summed E-state index contributed by atoms with van der Waals surface area (Å²) in [6.07, 6.45) is 7.98. The van der Waals surface area contributed by atoms with Gasteiger partial charge >= 0.3 is 0 Å². The van der Waals surface area contributed by atoms with E-state index in [4.69, 9.17) is 0 Å². The van der Waals surface area contributed by atoms with Gasteiger partial charge < -0.3 is 14.8 Å². The molecule has 2 fully saturated rings. The molecule has 3 aliphatic heterocycles. The number of hydrogen-bond acceptors (Lipinski definition) is 6. The highest BCUT2D eigenvalue weighted by Gasteiger charge is 2.39. The Kier molecular flexibility index (Phi) is 5.12. The second-order valence-corrected chi connectivity index (χ2v) is 8.91. The molecule has 0 aliphatic carbocycles. The molecule has 2 atom stereocenters. The third-order valence-corrected chi connectivity index (χ3v) is 6.87. The van der Waals surface area contributed by atoms with Crippen LogP contribution in [0, 0.1) is 5.92 Å². The van der Waals surface area contributed by atoms with Crippen LogP contribution in [0.3, 0.4) is 0 Å². The summed E-state index contributed by atoms with van der Waals surface area (Å²) in [5, 5.41) is 2.99. The zero-order valence-corrected chi connectivity index (χ0v) is 17.3. The van der Waals surface area contributed by atoms with E-state index in [2.05, 4.69) is 32.1 Å². The van der Waals surface area contributed by atoms with Gasteiger partial charge in [0.25, 0.3) is 11.5 Å². The van der Waals surface area contributed by atoms with Crippen LogP contribution < -0.4 is 10.9 Å². The van der Waals surface area contributed by atoms with Crippen LogP contribution in [0.2, 0.25) is 0 Å². The van der Waals surface area contributed by atoms with E-state index in [9.17, 15) is 9.59 Å². The average molecular weight is 409 g/mol. The number of aromatic nitrogens is 3. The monoisotopic (exact) mass is 408 g/mol. The number of amides is 1. The van der Waals surface area contributed by atoms with Crippen LogP contribution in [0.15, 0.2) is 35.5 Å². The molecule has 0 unspecified atom stereocenters. The number of hydrogen-bond donors (Lipinski definition) is 1. The molecule has 0 radical (unpaired) electrons. The van der Waals surface area contributed by atoms with E-state index in [1.165, 1.54) is 25.2 Å². The molecule has 1 amide bonds. The van der Waals surface area contributed by atoms with Crippen molar-refractivity contribution in [3.05, 3.63) is 52.5 Å². The largest absolute Gasteiger partial charge is 0.319 e. The van der Waals surface area contributed by atoms with Crippen LogP contribution >= 0.6 is 0 Å². The third kappa shape index (κ3) is 3.65. The van der Waals surface area contributed by atoms with Crippen molar-refractivity contribution in [2.45, 2.75) is 37.8 Å². The van der Waals surface area contributed by atoms with Gasteiger partial charge in [-0.2, -0.15) is 0 Å². The summed E-state index contributed by atoms with van der Waals surface area (Å²) >= 11 is 0. The van der Waals surface area contributed by atoms with Crippen molar-refractivity contribution in [2.24, 2.45) is 5.92 Å². The Hall–Kier alpha value is -2.58.